The predicted molar refractivity (Wildman–Crippen MR) is 178 cm³/mol. The van der Waals surface area contributed by atoms with Crippen molar-refractivity contribution in [1.29, 1.82) is 0 Å². The molecule has 43 heavy (non-hydrogen) atoms. The molecule has 0 fully saturated rings. The smallest absolute Gasteiger partial charge is 0.268 e. The van der Waals surface area contributed by atoms with E-state index in [1.807, 2.05) is 140 Å². The number of anilines is 4. The Morgan fingerprint density at radius 2 is 1.21 bits per heavy atom. The largest absolute Gasteiger partial charge is 0.355 e. The highest BCUT2D eigenvalue weighted by Gasteiger charge is 2.33. The third kappa shape index (κ3) is 4.82. The van der Waals surface area contributed by atoms with Gasteiger partial charge in [0.1, 0.15) is 0 Å². The van der Waals surface area contributed by atoms with E-state index in [1.165, 1.54) is 4.31 Å². The van der Waals surface area contributed by atoms with Crippen molar-refractivity contribution >= 4 is 54.4 Å². The summed E-state index contributed by atoms with van der Waals surface area (Å²) in [7, 11) is -4.09. The van der Waals surface area contributed by atoms with E-state index in [1.54, 1.807) is 12.1 Å². The second-order valence-corrected chi connectivity index (χ2v) is 12.3. The lowest BCUT2D eigenvalue weighted by Gasteiger charge is -2.27. The Labute approximate surface area is 251 Å². The molecule has 1 heterocycles. The molecule has 0 aliphatic carbocycles. The summed E-state index contributed by atoms with van der Waals surface area (Å²) < 4.78 is 31.3. The summed E-state index contributed by atoms with van der Waals surface area (Å²) in [6, 6.07) is 46.5. The van der Waals surface area contributed by atoms with E-state index in [4.69, 9.17) is 0 Å². The molecule has 0 aliphatic rings. The lowest BCUT2D eigenvalue weighted by molar-refractivity contribution is 0.596. The van der Waals surface area contributed by atoms with Gasteiger partial charge in [-0.05, 0) is 49.4 Å². The van der Waals surface area contributed by atoms with E-state index >= 15 is 0 Å². The minimum absolute atomic E-state index is 0.220. The average Bonchev–Trinajstić information content (AvgIpc) is 3.42. The zero-order valence-corrected chi connectivity index (χ0v) is 24.3. The molecule has 0 amide bonds. The number of rotatable bonds is 7. The SMILES string of the molecule is Cc1ccc(S(=O)(=O)N(c2c(-c3ccccc3)[nH]c3ccccc23)c2ccc(Nc3ccccc3)c3ccccc23)cc1. The van der Waals surface area contributed by atoms with Gasteiger partial charge in [0, 0.05) is 38.6 Å². The fourth-order valence-corrected chi connectivity index (χ4v) is 7.12. The quantitative estimate of drug-likeness (QED) is 0.198. The number of H-pyrrole nitrogens is 1. The number of nitrogens with zero attached hydrogens (tertiary/aromatic N) is 1. The van der Waals surface area contributed by atoms with Crippen molar-refractivity contribution in [2.45, 2.75) is 11.8 Å². The monoisotopic (exact) mass is 579 g/mol. The first-order chi connectivity index (χ1) is 21.0. The maximum Gasteiger partial charge on any atom is 0.268 e. The summed E-state index contributed by atoms with van der Waals surface area (Å²) in [5, 5.41) is 6.05. The van der Waals surface area contributed by atoms with Gasteiger partial charge in [-0.2, -0.15) is 0 Å². The summed E-state index contributed by atoms with van der Waals surface area (Å²) in [6.45, 7) is 1.95. The standard InChI is InChI=1S/C37H29N3O2S/c1-26-20-22-29(23-21-26)43(41,42)40(37-32-18-10-11-19-33(32)39-36(37)27-12-4-2-5-13-27)35-25-24-34(30-16-8-9-17-31(30)35)38-28-14-6-3-7-15-28/h2-25,38-39H,1H3. The van der Waals surface area contributed by atoms with E-state index in [0.29, 0.717) is 11.4 Å². The first-order valence-electron chi connectivity index (χ1n) is 14.1. The van der Waals surface area contributed by atoms with Gasteiger partial charge in [0.25, 0.3) is 10.0 Å². The van der Waals surface area contributed by atoms with E-state index in [2.05, 4.69) is 10.3 Å². The van der Waals surface area contributed by atoms with Crippen molar-refractivity contribution in [3.05, 3.63) is 151 Å². The van der Waals surface area contributed by atoms with Crippen molar-refractivity contribution in [2.75, 3.05) is 9.62 Å². The number of aromatic nitrogens is 1. The molecular weight excluding hydrogens is 550 g/mol. The van der Waals surface area contributed by atoms with Crippen LogP contribution in [0, 0.1) is 6.92 Å². The van der Waals surface area contributed by atoms with Crippen LogP contribution in [0.4, 0.5) is 22.7 Å². The summed E-state index contributed by atoms with van der Waals surface area (Å²) in [5.74, 6) is 0. The number of sulfonamides is 1. The third-order valence-electron chi connectivity index (χ3n) is 7.68. The van der Waals surface area contributed by atoms with Gasteiger partial charge in [-0.1, -0.05) is 109 Å². The molecule has 0 aliphatic heterocycles. The maximum absolute atomic E-state index is 14.9. The number of hydrogen-bond acceptors (Lipinski definition) is 3. The summed E-state index contributed by atoms with van der Waals surface area (Å²) in [6.07, 6.45) is 0. The molecule has 0 unspecified atom stereocenters. The van der Waals surface area contributed by atoms with Crippen molar-refractivity contribution in [2.24, 2.45) is 0 Å². The molecule has 0 atom stereocenters. The molecule has 1 aromatic heterocycles. The van der Waals surface area contributed by atoms with Crippen molar-refractivity contribution < 1.29 is 8.42 Å². The topological polar surface area (TPSA) is 65.2 Å². The van der Waals surface area contributed by atoms with Crippen LogP contribution in [-0.4, -0.2) is 13.4 Å². The number of fused-ring (bicyclic) bond motifs is 2. The van der Waals surface area contributed by atoms with E-state index < -0.39 is 10.0 Å². The predicted octanol–water partition coefficient (Wildman–Crippen LogP) is 9.57. The summed E-state index contributed by atoms with van der Waals surface area (Å²) in [4.78, 5) is 3.76. The Morgan fingerprint density at radius 3 is 1.93 bits per heavy atom. The van der Waals surface area contributed by atoms with Gasteiger partial charge in [0.15, 0.2) is 0 Å². The highest BCUT2D eigenvalue weighted by atomic mass is 32.2. The van der Waals surface area contributed by atoms with Crippen LogP contribution >= 0.6 is 0 Å². The van der Waals surface area contributed by atoms with Gasteiger partial charge in [-0.25, -0.2) is 12.7 Å². The second kappa shape index (κ2) is 10.8. The molecule has 2 N–H and O–H groups in total. The molecule has 7 rings (SSSR count). The van der Waals surface area contributed by atoms with Gasteiger partial charge in [0.2, 0.25) is 0 Å². The Balaban J connectivity index is 1.54. The fourth-order valence-electron chi connectivity index (χ4n) is 5.58. The van der Waals surface area contributed by atoms with Gasteiger partial charge in [0.05, 0.1) is 22.0 Å². The normalized spacial score (nSPS) is 11.6. The Bertz CT molecular complexity index is 2170. The maximum atomic E-state index is 14.9. The second-order valence-electron chi connectivity index (χ2n) is 10.5. The Morgan fingerprint density at radius 1 is 0.605 bits per heavy atom. The van der Waals surface area contributed by atoms with Crippen LogP contribution in [0.5, 0.6) is 0 Å². The molecule has 0 bridgehead atoms. The van der Waals surface area contributed by atoms with E-state index in [9.17, 15) is 8.42 Å². The van der Waals surface area contributed by atoms with Crippen LogP contribution in [0.25, 0.3) is 32.9 Å². The minimum Gasteiger partial charge on any atom is -0.355 e. The first kappa shape index (κ1) is 26.6. The number of benzene rings is 6. The number of para-hydroxylation sites is 2. The van der Waals surface area contributed by atoms with Crippen molar-refractivity contribution in [3.8, 4) is 11.3 Å². The molecule has 0 saturated heterocycles. The lowest BCUT2D eigenvalue weighted by atomic mass is 10.0. The Hall–Kier alpha value is -5.33. The zero-order chi connectivity index (χ0) is 29.4. The number of hydrogen-bond donors (Lipinski definition) is 2. The molecule has 210 valence electrons. The van der Waals surface area contributed by atoms with Crippen molar-refractivity contribution in [1.82, 2.24) is 4.98 Å². The number of nitrogens with one attached hydrogen (secondary N) is 2. The average molecular weight is 580 g/mol. The van der Waals surface area contributed by atoms with Crippen molar-refractivity contribution in [3.63, 3.8) is 0 Å². The molecular formula is C37H29N3O2S. The van der Waals surface area contributed by atoms with Crippen LogP contribution in [0.2, 0.25) is 0 Å². The van der Waals surface area contributed by atoms with E-state index in [0.717, 1.165) is 49.9 Å². The first-order valence-corrected chi connectivity index (χ1v) is 15.6. The van der Waals surface area contributed by atoms with Gasteiger partial charge in [-0.15, -0.1) is 0 Å². The summed E-state index contributed by atoms with van der Waals surface area (Å²) >= 11 is 0. The molecule has 0 spiro atoms. The number of aromatic amines is 1. The number of aryl methyl sites for hydroxylation is 1. The lowest BCUT2D eigenvalue weighted by Crippen LogP contribution is -2.27. The van der Waals surface area contributed by atoms with E-state index in [-0.39, 0.29) is 4.90 Å². The highest BCUT2D eigenvalue weighted by molar-refractivity contribution is 7.93. The summed E-state index contributed by atoms with van der Waals surface area (Å²) in [5.41, 5.74) is 6.45. The van der Waals surface area contributed by atoms with Crippen LogP contribution in [0.15, 0.2) is 150 Å². The molecule has 6 heteroatoms. The van der Waals surface area contributed by atoms with Crippen LogP contribution in [0.1, 0.15) is 5.56 Å². The molecule has 0 saturated carbocycles. The van der Waals surface area contributed by atoms with Gasteiger partial charge in [-0.3, -0.25) is 0 Å². The van der Waals surface area contributed by atoms with Gasteiger partial charge < -0.3 is 10.3 Å². The van der Waals surface area contributed by atoms with Crippen LogP contribution < -0.4 is 9.62 Å². The van der Waals surface area contributed by atoms with Crippen LogP contribution in [0.3, 0.4) is 0 Å². The Kier molecular flexibility index (Phi) is 6.68. The van der Waals surface area contributed by atoms with Crippen LogP contribution in [-0.2, 0) is 10.0 Å². The molecule has 7 aromatic rings. The minimum atomic E-state index is -4.09. The molecule has 0 radical (unpaired) electrons. The zero-order valence-electron chi connectivity index (χ0n) is 23.5. The third-order valence-corrected chi connectivity index (χ3v) is 9.40. The van der Waals surface area contributed by atoms with Gasteiger partial charge >= 0.3 is 0 Å². The highest BCUT2D eigenvalue weighted by Crippen LogP contribution is 2.47. The molecule has 5 nitrogen and oxygen atoms in total. The molecule has 6 aromatic carbocycles. The fraction of sp³-hybridized carbons (Fsp3) is 0.0270.